The molecule has 3 aliphatic rings. The third-order valence-electron chi connectivity index (χ3n) is 9.04. The second-order valence-electron chi connectivity index (χ2n) is 10.8. The van der Waals surface area contributed by atoms with Gasteiger partial charge in [-0.1, -0.05) is 6.92 Å². The monoisotopic (exact) mass is 522 g/mol. The number of carbonyl (C=O) groups is 4. The molecule has 1 saturated heterocycles. The van der Waals surface area contributed by atoms with Crippen LogP contribution in [0.1, 0.15) is 59.4 Å². The molecule has 0 unspecified atom stereocenters. The molecule has 1 aromatic rings. The summed E-state index contributed by atoms with van der Waals surface area (Å²) in [7, 11) is 0. The van der Waals surface area contributed by atoms with Crippen molar-refractivity contribution >= 4 is 23.7 Å². The number of aryl methyl sites for hydroxylation is 1. The van der Waals surface area contributed by atoms with Crippen LogP contribution >= 0.6 is 0 Å². The zero-order valence-electron chi connectivity index (χ0n) is 21.7. The summed E-state index contributed by atoms with van der Waals surface area (Å²) in [4.78, 5) is 50.3. The van der Waals surface area contributed by atoms with Crippen LogP contribution in [-0.4, -0.2) is 76.1 Å². The summed E-state index contributed by atoms with van der Waals surface area (Å²) in [5, 5.41) is 24.6. The van der Waals surface area contributed by atoms with Crippen LogP contribution in [0.5, 0.6) is 0 Å². The highest BCUT2D eigenvalue weighted by Crippen LogP contribution is 2.71. The summed E-state index contributed by atoms with van der Waals surface area (Å²) in [5.41, 5.74) is -8.11. The molecule has 0 radical (unpaired) electrons. The van der Waals surface area contributed by atoms with E-state index in [0.29, 0.717) is 6.42 Å². The van der Waals surface area contributed by atoms with E-state index < -0.39 is 70.1 Å². The largest absolute Gasteiger partial charge is 0.472 e. The first kappa shape index (κ1) is 27.3. The number of esters is 3. The summed E-state index contributed by atoms with van der Waals surface area (Å²) >= 11 is 0. The number of Topliss-reactive ketones (excluding diaryl/α,β-unsaturated/α-hetero) is 1. The van der Waals surface area contributed by atoms with Crippen molar-refractivity contribution < 1.29 is 52.8 Å². The van der Waals surface area contributed by atoms with E-state index in [4.69, 9.17) is 23.4 Å². The van der Waals surface area contributed by atoms with Gasteiger partial charge in [0, 0.05) is 26.2 Å². The average Bonchev–Trinajstić information content (AvgIpc) is 3.43. The molecule has 0 aromatic carbocycles. The predicted molar refractivity (Wildman–Crippen MR) is 124 cm³/mol. The highest BCUT2D eigenvalue weighted by molar-refractivity contribution is 5.96. The molecule has 1 aromatic heterocycles. The first-order chi connectivity index (χ1) is 17.2. The molecule has 2 saturated carbocycles. The lowest BCUT2D eigenvalue weighted by Crippen LogP contribution is -2.85. The van der Waals surface area contributed by atoms with Crippen molar-refractivity contribution in [2.75, 3.05) is 13.2 Å². The van der Waals surface area contributed by atoms with E-state index in [2.05, 4.69) is 0 Å². The van der Waals surface area contributed by atoms with Gasteiger partial charge in [-0.25, -0.2) is 0 Å². The average molecular weight is 523 g/mol. The minimum Gasteiger partial charge on any atom is -0.472 e. The summed E-state index contributed by atoms with van der Waals surface area (Å²) < 4.78 is 27.6. The van der Waals surface area contributed by atoms with Crippen molar-refractivity contribution in [1.29, 1.82) is 0 Å². The molecule has 1 spiro atoms. The lowest BCUT2D eigenvalue weighted by Gasteiger charge is -2.69. The van der Waals surface area contributed by atoms with E-state index in [9.17, 15) is 29.4 Å². The van der Waals surface area contributed by atoms with E-state index >= 15 is 0 Å². The van der Waals surface area contributed by atoms with Crippen molar-refractivity contribution in [1.82, 2.24) is 0 Å². The highest BCUT2D eigenvalue weighted by atomic mass is 16.6. The van der Waals surface area contributed by atoms with Crippen LogP contribution in [0, 0.1) is 10.8 Å². The third kappa shape index (κ3) is 3.65. The molecule has 37 heavy (non-hydrogen) atoms. The van der Waals surface area contributed by atoms with Gasteiger partial charge in [0.15, 0.2) is 5.60 Å². The smallest absolute Gasteiger partial charge is 0.303 e. The Morgan fingerprint density at radius 2 is 1.81 bits per heavy atom. The van der Waals surface area contributed by atoms with Gasteiger partial charge < -0.3 is 33.6 Å². The first-order valence-corrected chi connectivity index (χ1v) is 12.3. The maximum Gasteiger partial charge on any atom is 0.303 e. The van der Waals surface area contributed by atoms with Crippen molar-refractivity contribution in [2.24, 2.45) is 10.8 Å². The van der Waals surface area contributed by atoms with Gasteiger partial charge in [0.2, 0.25) is 5.78 Å². The summed E-state index contributed by atoms with van der Waals surface area (Å²) in [6, 6.07) is 1.74. The number of furan rings is 1. The molecule has 4 rings (SSSR count). The second kappa shape index (κ2) is 8.92. The number of aliphatic hydroxyl groups is 2. The maximum absolute atomic E-state index is 14.1. The van der Waals surface area contributed by atoms with Crippen LogP contribution in [-0.2, 0) is 44.5 Å². The van der Waals surface area contributed by atoms with Crippen molar-refractivity contribution in [3.8, 4) is 0 Å². The Hall–Kier alpha value is -2.76. The molecule has 204 valence electrons. The molecule has 7 atom stereocenters. The Bertz CT molecular complexity index is 1090. The van der Waals surface area contributed by atoms with Crippen LogP contribution in [0.4, 0.5) is 0 Å². The molecule has 11 heteroatoms. The van der Waals surface area contributed by atoms with Gasteiger partial charge in [0.05, 0.1) is 24.7 Å². The topological polar surface area (TPSA) is 162 Å². The Labute approximate surface area is 214 Å². The number of carbonyl (C=O) groups excluding carboxylic acids is 4. The molecule has 3 fully saturated rings. The third-order valence-corrected chi connectivity index (χ3v) is 9.04. The van der Waals surface area contributed by atoms with Crippen molar-refractivity contribution in [2.45, 2.75) is 89.3 Å². The van der Waals surface area contributed by atoms with E-state index in [0.717, 1.165) is 12.5 Å². The fraction of sp³-hybridized carbons (Fsp3) is 0.692. The van der Waals surface area contributed by atoms with Crippen LogP contribution < -0.4 is 0 Å². The van der Waals surface area contributed by atoms with Gasteiger partial charge in [-0.15, -0.1) is 0 Å². The predicted octanol–water partition coefficient (Wildman–Crippen LogP) is 1.26. The molecule has 0 bridgehead atoms. The van der Waals surface area contributed by atoms with Crippen LogP contribution in [0.2, 0.25) is 0 Å². The summed E-state index contributed by atoms with van der Waals surface area (Å²) in [6.07, 6.45) is 0.656. The van der Waals surface area contributed by atoms with Gasteiger partial charge in [0.25, 0.3) is 0 Å². The number of hydrogen-bond acceptors (Lipinski definition) is 11. The van der Waals surface area contributed by atoms with Crippen LogP contribution in [0.25, 0.3) is 0 Å². The SMILES string of the molecule is CC(=O)OC[C@@]12[C@@H](O)C(=O)[C@](C)(OC(C)=O)[C@@](C)(CCc3ccoc3)[C@@]1(O)CC[C@H](OC(C)=O)[C@]21CO1. The van der Waals surface area contributed by atoms with E-state index in [1.54, 1.807) is 13.0 Å². The first-order valence-electron chi connectivity index (χ1n) is 12.3. The quantitative estimate of drug-likeness (QED) is 0.301. The zero-order valence-corrected chi connectivity index (χ0v) is 21.7. The Kier molecular flexibility index (Phi) is 6.58. The van der Waals surface area contributed by atoms with Crippen molar-refractivity contribution in [3.05, 3.63) is 24.2 Å². The molecular weight excluding hydrogens is 488 g/mol. The number of epoxide rings is 1. The Balaban J connectivity index is 1.95. The van der Waals surface area contributed by atoms with Crippen LogP contribution in [0.15, 0.2) is 23.0 Å². The molecule has 1 aliphatic heterocycles. The van der Waals surface area contributed by atoms with E-state index in [1.165, 1.54) is 33.3 Å². The minimum absolute atomic E-state index is 0.0546. The number of fused-ring (bicyclic) bond motifs is 2. The summed E-state index contributed by atoms with van der Waals surface area (Å²) in [5.74, 6) is -2.93. The van der Waals surface area contributed by atoms with Gasteiger partial charge in [0.1, 0.15) is 29.8 Å². The number of aliphatic hydroxyl groups excluding tert-OH is 1. The molecule has 2 N–H and O–H groups in total. The number of rotatable bonds is 7. The van der Waals surface area contributed by atoms with E-state index in [-0.39, 0.29) is 25.9 Å². The number of hydrogen-bond donors (Lipinski definition) is 2. The molecular formula is C26H34O11. The number of ether oxygens (including phenoxy) is 4. The second-order valence-corrected chi connectivity index (χ2v) is 10.8. The molecule has 2 aliphatic carbocycles. The molecule has 11 nitrogen and oxygen atoms in total. The number of ketones is 1. The lowest BCUT2D eigenvalue weighted by molar-refractivity contribution is -0.328. The zero-order chi connectivity index (χ0) is 27.4. The van der Waals surface area contributed by atoms with Gasteiger partial charge in [-0.3, -0.25) is 19.2 Å². The lowest BCUT2D eigenvalue weighted by atomic mass is 9.38. The van der Waals surface area contributed by atoms with Crippen LogP contribution in [0.3, 0.4) is 0 Å². The fourth-order valence-electron chi connectivity index (χ4n) is 6.95. The summed E-state index contributed by atoms with van der Waals surface area (Å²) in [6.45, 7) is 5.93. The van der Waals surface area contributed by atoms with Gasteiger partial charge in [-0.05, 0) is 44.2 Å². The van der Waals surface area contributed by atoms with Gasteiger partial charge in [-0.2, -0.15) is 0 Å². The molecule has 0 amide bonds. The normalized spacial score (nSPS) is 40.6. The Morgan fingerprint density at radius 1 is 1.14 bits per heavy atom. The molecule has 2 heterocycles. The van der Waals surface area contributed by atoms with E-state index in [1.807, 2.05) is 0 Å². The maximum atomic E-state index is 14.1. The van der Waals surface area contributed by atoms with Gasteiger partial charge >= 0.3 is 17.9 Å². The van der Waals surface area contributed by atoms with Crippen molar-refractivity contribution in [3.63, 3.8) is 0 Å². The standard InChI is InChI=1S/C26H34O11/c1-15(27)34-13-24-21(31)20(30)23(5,37-17(3)29)22(4,9-6-18-8-11-33-12-18)26(24,32)10-7-19(36-16(2)28)25(24)14-35-25/h8,11-12,19,21,31-32H,6-7,9-10,13-14H2,1-5H3/t19-,21-,22+,23-,24-,25+,26-/m0/s1. The highest BCUT2D eigenvalue weighted by Gasteiger charge is 2.88. The fourth-order valence-corrected chi connectivity index (χ4v) is 6.95. The minimum atomic E-state index is -1.98. The Morgan fingerprint density at radius 3 is 2.32 bits per heavy atom.